The van der Waals surface area contributed by atoms with Gasteiger partial charge in [0.1, 0.15) is 5.60 Å². The molecule has 2 bridgehead atoms. The lowest BCUT2D eigenvalue weighted by atomic mass is 9.30. The molecule has 5 saturated carbocycles. The van der Waals surface area contributed by atoms with Gasteiger partial charge in [-0.05, 0) is 97.7 Å². The van der Waals surface area contributed by atoms with Crippen molar-refractivity contribution in [3.05, 3.63) is 0 Å². The predicted octanol–water partition coefficient (Wildman–Crippen LogP) is 5.88. The Morgan fingerprint density at radius 1 is 0.765 bits per heavy atom. The number of aliphatic hydroxyl groups excluding tert-OH is 2. The third kappa shape index (κ3) is 2.34. The van der Waals surface area contributed by atoms with Crippen LogP contribution in [-0.2, 0) is 9.53 Å². The molecular formula is C30H48O4. The van der Waals surface area contributed by atoms with E-state index in [1.807, 2.05) is 0 Å². The summed E-state index contributed by atoms with van der Waals surface area (Å²) in [6, 6.07) is 0. The average Bonchev–Trinajstić information content (AvgIpc) is 2.93. The molecular weight excluding hydrogens is 424 g/mol. The zero-order valence-corrected chi connectivity index (χ0v) is 22.7. The van der Waals surface area contributed by atoms with Gasteiger partial charge in [0.2, 0.25) is 0 Å². The van der Waals surface area contributed by atoms with Crippen molar-refractivity contribution in [3.63, 3.8) is 0 Å². The lowest BCUT2D eigenvalue weighted by molar-refractivity contribution is -0.317. The van der Waals surface area contributed by atoms with Crippen LogP contribution in [0.15, 0.2) is 0 Å². The van der Waals surface area contributed by atoms with E-state index in [0.717, 1.165) is 64.2 Å². The Kier molecular flexibility index (Phi) is 4.50. The third-order valence-electron chi connectivity index (χ3n) is 14.0. The fraction of sp³-hybridized carbons (Fsp3) is 0.967. The molecule has 0 aromatic heterocycles. The van der Waals surface area contributed by atoms with E-state index >= 15 is 0 Å². The Morgan fingerprint density at radius 2 is 1.44 bits per heavy atom. The second-order valence-corrected chi connectivity index (χ2v) is 15.8. The third-order valence-corrected chi connectivity index (χ3v) is 14.0. The van der Waals surface area contributed by atoms with Crippen molar-refractivity contribution < 1.29 is 19.7 Å². The van der Waals surface area contributed by atoms with E-state index in [-0.39, 0.29) is 50.5 Å². The van der Waals surface area contributed by atoms with Crippen molar-refractivity contribution in [1.82, 2.24) is 0 Å². The first-order valence-electron chi connectivity index (χ1n) is 14.2. The molecule has 2 N–H and O–H groups in total. The number of carbonyl (C=O) groups excluding carboxylic acids is 1. The molecule has 1 aliphatic heterocycles. The van der Waals surface area contributed by atoms with Crippen molar-refractivity contribution >= 4 is 5.97 Å². The minimum Gasteiger partial charge on any atom is -0.455 e. The second kappa shape index (κ2) is 6.44. The van der Waals surface area contributed by atoms with Gasteiger partial charge in [-0.3, -0.25) is 4.79 Å². The minimum absolute atomic E-state index is 0.000329. The Hall–Kier alpha value is -0.610. The summed E-state index contributed by atoms with van der Waals surface area (Å²) >= 11 is 0. The summed E-state index contributed by atoms with van der Waals surface area (Å²) in [6.07, 6.45) is 8.82. The molecule has 192 valence electrons. The molecule has 0 aromatic rings. The molecule has 1 heterocycles. The van der Waals surface area contributed by atoms with Crippen LogP contribution in [0.2, 0.25) is 0 Å². The van der Waals surface area contributed by atoms with Gasteiger partial charge in [0.05, 0.1) is 17.6 Å². The van der Waals surface area contributed by atoms with Crippen LogP contribution < -0.4 is 0 Å². The number of hydrogen-bond donors (Lipinski definition) is 2. The van der Waals surface area contributed by atoms with Gasteiger partial charge in [-0.25, -0.2) is 0 Å². The van der Waals surface area contributed by atoms with Crippen LogP contribution in [0, 0.1) is 50.2 Å². The molecule has 10 atom stereocenters. The fourth-order valence-corrected chi connectivity index (χ4v) is 11.8. The largest absolute Gasteiger partial charge is 0.455 e. The number of hydrogen-bond acceptors (Lipinski definition) is 4. The van der Waals surface area contributed by atoms with Gasteiger partial charge >= 0.3 is 5.97 Å². The van der Waals surface area contributed by atoms with E-state index < -0.39 is 11.7 Å². The molecule has 6 aliphatic rings. The van der Waals surface area contributed by atoms with E-state index in [9.17, 15) is 15.0 Å². The van der Waals surface area contributed by atoms with Gasteiger partial charge in [0, 0.05) is 11.3 Å². The monoisotopic (exact) mass is 472 g/mol. The Labute approximate surface area is 206 Å². The summed E-state index contributed by atoms with van der Waals surface area (Å²) in [5.74, 6) is 0.950. The van der Waals surface area contributed by atoms with E-state index in [4.69, 9.17) is 4.74 Å². The molecule has 4 nitrogen and oxygen atoms in total. The highest BCUT2D eigenvalue weighted by atomic mass is 16.6. The van der Waals surface area contributed by atoms with Crippen LogP contribution >= 0.6 is 0 Å². The van der Waals surface area contributed by atoms with Crippen LogP contribution in [0.4, 0.5) is 0 Å². The highest BCUT2D eigenvalue weighted by Gasteiger charge is 2.83. The van der Waals surface area contributed by atoms with Crippen LogP contribution in [0.25, 0.3) is 0 Å². The summed E-state index contributed by atoms with van der Waals surface area (Å²) in [5, 5.41) is 23.1. The smallest absolute Gasteiger partial charge is 0.313 e. The molecule has 0 unspecified atom stereocenters. The van der Waals surface area contributed by atoms with Crippen molar-refractivity contribution in [2.75, 3.05) is 0 Å². The van der Waals surface area contributed by atoms with Crippen LogP contribution in [0.1, 0.15) is 113 Å². The molecule has 4 heteroatoms. The summed E-state index contributed by atoms with van der Waals surface area (Å²) in [6.45, 7) is 16.6. The molecule has 6 fully saturated rings. The van der Waals surface area contributed by atoms with Gasteiger partial charge in [-0.2, -0.15) is 0 Å². The highest BCUT2D eigenvalue weighted by molar-refractivity contribution is 5.82. The molecule has 6 rings (SSSR count). The zero-order chi connectivity index (χ0) is 24.7. The predicted molar refractivity (Wildman–Crippen MR) is 132 cm³/mol. The van der Waals surface area contributed by atoms with Gasteiger partial charge in [0.15, 0.2) is 0 Å². The number of rotatable bonds is 0. The topological polar surface area (TPSA) is 66.8 Å². The Morgan fingerprint density at radius 3 is 2.15 bits per heavy atom. The highest BCUT2D eigenvalue weighted by Crippen LogP contribution is 2.80. The summed E-state index contributed by atoms with van der Waals surface area (Å²) < 4.78 is 6.64. The summed E-state index contributed by atoms with van der Waals surface area (Å²) in [7, 11) is 0. The Balaban J connectivity index is 1.49. The number of fused-ring (bicyclic) bond motifs is 4. The zero-order valence-electron chi connectivity index (χ0n) is 22.7. The molecule has 5 aliphatic carbocycles. The SMILES string of the molecule is CC1(C)CC[C@@]23CC[C@]4(C)[C@](OC2=O)([C@H](O)C[C@@H]2[C@@]5(C)CC[C@H](O)C(C)(C)[C@@H]5CC[C@]24C)[C@@H]3C1. The van der Waals surface area contributed by atoms with Gasteiger partial charge < -0.3 is 14.9 Å². The summed E-state index contributed by atoms with van der Waals surface area (Å²) in [5.41, 5.74) is -1.19. The van der Waals surface area contributed by atoms with Gasteiger partial charge in [0.25, 0.3) is 0 Å². The quantitative estimate of drug-likeness (QED) is 0.432. The first-order chi connectivity index (χ1) is 15.6. The van der Waals surface area contributed by atoms with E-state index in [1.165, 1.54) is 0 Å². The number of esters is 1. The minimum atomic E-state index is -0.752. The number of carbonyl (C=O) groups is 1. The molecule has 1 spiro atoms. The lowest BCUT2D eigenvalue weighted by Gasteiger charge is -2.74. The van der Waals surface area contributed by atoms with Crippen molar-refractivity contribution in [2.24, 2.45) is 50.2 Å². The molecule has 1 saturated heterocycles. The maximum Gasteiger partial charge on any atom is 0.313 e. The molecule has 34 heavy (non-hydrogen) atoms. The molecule has 0 aromatic carbocycles. The van der Waals surface area contributed by atoms with Crippen molar-refractivity contribution in [3.8, 4) is 0 Å². The van der Waals surface area contributed by atoms with E-state index in [2.05, 4.69) is 48.5 Å². The second-order valence-electron chi connectivity index (χ2n) is 15.8. The normalized spacial score (nSPS) is 59.2. The number of aliphatic hydroxyl groups is 2. The van der Waals surface area contributed by atoms with Gasteiger partial charge in [-0.1, -0.05) is 48.5 Å². The average molecular weight is 473 g/mol. The maximum atomic E-state index is 13.7. The maximum absolute atomic E-state index is 13.7. The number of ether oxygens (including phenoxy) is 1. The van der Waals surface area contributed by atoms with Gasteiger partial charge in [-0.15, -0.1) is 0 Å². The standard InChI is InChI=1S/C30H48O4/c1-24(2)12-14-29-15-13-28(7)27(6)11-8-18-25(3,4)21(31)9-10-26(18,5)19(27)16-22(32)30(28,20(29)17-24)34-23(29)33/h18-22,31-32H,8-17H2,1-7H3/t18-,19+,20+,21-,22+,26-,27+,28-,29-,30+/m0/s1. The van der Waals surface area contributed by atoms with Crippen molar-refractivity contribution in [1.29, 1.82) is 0 Å². The summed E-state index contributed by atoms with van der Waals surface area (Å²) in [4.78, 5) is 13.7. The molecule has 0 radical (unpaired) electrons. The fourth-order valence-electron chi connectivity index (χ4n) is 11.8. The van der Waals surface area contributed by atoms with Crippen molar-refractivity contribution in [2.45, 2.75) is 130 Å². The van der Waals surface area contributed by atoms with Crippen LogP contribution in [0.3, 0.4) is 0 Å². The lowest BCUT2D eigenvalue weighted by Crippen LogP contribution is -2.76. The van der Waals surface area contributed by atoms with Crippen LogP contribution in [-0.4, -0.2) is 34.0 Å². The molecule has 0 amide bonds. The van der Waals surface area contributed by atoms with Crippen LogP contribution in [0.5, 0.6) is 0 Å². The van der Waals surface area contributed by atoms with E-state index in [0.29, 0.717) is 11.8 Å². The first kappa shape index (κ1) is 23.8. The Bertz CT molecular complexity index is 925. The van der Waals surface area contributed by atoms with E-state index in [1.54, 1.807) is 0 Å². The first-order valence-corrected chi connectivity index (χ1v) is 14.2.